The SMILES string of the molecule is CC(C)[C@](O)(NS(=O)(=O)c1ccccc1)C(=O)O. The second kappa shape index (κ2) is 5.05. The lowest BCUT2D eigenvalue weighted by molar-refractivity contribution is -0.165. The van der Waals surface area contributed by atoms with Crippen LogP contribution in [-0.4, -0.2) is 30.3 Å². The minimum Gasteiger partial charge on any atom is -0.478 e. The van der Waals surface area contributed by atoms with Crippen molar-refractivity contribution in [3.63, 3.8) is 0 Å². The first-order valence-electron chi connectivity index (χ1n) is 5.25. The molecule has 0 spiro atoms. The van der Waals surface area contributed by atoms with Crippen LogP contribution in [0.1, 0.15) is 13.8 Å². The Morgan fingerprint density at radius 2 is 1.78 bits per heavy atom. The smallest absolute Gasteiger partial charge is 0.352 e. The molecule has 1 rings (SSSR count). The average Bonchev–Trinajstić information content (AvgIpc) is 2.29. The van der Waals surface area contributed by atoms with E-state index in [0.717, 1.165) is 0 Å². The van der Waals surface area contributed by atoms with E-state index in [2.05, 4.69) is 0 Å². The Balaban J connectivity index is 3.13. The molecule has 0 heterocycles. The van der Waals surface area contributed by atoms with Crippen LogP contribution >= 0.6 is 0 Å². The first-order valence-corrected chi connectivity index (χ1v) is 6.73. The summed E-state index contributed by atoms with van der Waals surface area (Å²) in [5, 5.41) is 18.8. The van der Waals surface area contributed by atoms with Gasteiger partial charge in [-0.1, -0.05) is 32.0 Å². The molecule has 18 heavy (non-hydrogen) atoms. The largest absolute Gasteiger partial charge is 0.478 e. The summed E-state index contributed by atoms with van der Waals surface area (Å²) in [7, 11) is -4.09. The van der Waals surface area contributed by atoms with Crippen LogP contribution in [0, 0.1) is 5.92 Å². The van der Waals surface area contributed by atoms with Crippen molar-refractivity contribution in [3.8, 4) is 0 Å². The lowest BCUT2D eigenvalue weighted by Gasteiger charge is -2.28. The molecule has 0 fully saturated rings. The normalized spacial score (nSPS) is 15.3. The predicted molar refractivity (Wildman–Crippen MR) is 64.2 cm³/mol. The molecule has 0 radical (unpaired) electrons. The van der Waals surface area contributed by atoms with Crippen LogP contribution in [0.5, 0.6) is 0 Å². The van der Waals surface area contributed by atoms with Crippen LogP contribution in [-0.2, 0) is 14.8 Å². The Hall–Kier alpha value is -1.44. The number of hydrogen-bond donors (Lipinski definition) is 3. The highest BCUT2D eigenvalue weighted by molar-refractivity contribution is 7.89. The molecule has 0 saturated heterocycles. The van der Waals surface area contributed by atoms with Gasteiger partial charge in [-0.05, 0) is 12.1 Å². The molecule has 100 valence electrons. The van der Waals surface area contributed by atoms with Gasteiger partial charge in [0.05, 0.1) is 4.90 Å². The predicted octanol–water partition coefficient (Wildman–Crippen LogP) is 0.394. The molecule has 0 aromatic heterocycles. The number of aliphatic hydroxyl groups is 1. The van der Waals surface area contributed by atoms with E-state index in [4.69, 9.17) is 5.11 Å². The van der Waals surface area contributed by atoms with E-state index in [1.165, 1.54) is 38.1 Å². The van der Waals surface area contributed by atoms with Crippen molar-refractivity contribution in [2.75, 3.05) is 0 Å². The third-order valence-electron chi connectivity index (χ3n) is 2.51. The van der Waals surface area contributed by atoms with E-state index in [-0.39, 0.29) is 4.90 Å². The van der Waals surface area contributed by atoms with Crippen molar-refractivity contribution in [1.29, 1.82) is 0 Å². The average molecular weight is 273 g/mol. The van der Waals surface area contributed by atoms with Gasteiger partial charge in [0.25, 0.3) is 0 Å². The van der Waals surface area contributed by atoms with Gasteiger partial charge in [0.2, 0.25) is 15.7 Å². The maximum Gasteiger partial charge on any atom is 0.352 e. The van der Waals surface area contributed by atoms with E-state index in [1.54, 1.807) is 6.07 Å². The topological polar surface area (TPSA) is 104 Å². The number of rotatable bonds is 5. The molecule has 1 aromatic rings. The fourth-order valence-corrected chi connectivity index (χ4v) is 2.64. The number of aliphatic carboxylic acids is 1. The summed E-state index contributed by atoms with van der Waals surface area (Å²) >= 11 is 0. The van der Waals surface area contributed by atoms with E-state index < -0.39 is 27.6 Å². The van der Waals surface area contributed by atoms with Gasteiger partial charge in [0.15, 0.2) is 0 Å². The summed E-state index contributed by atoms with van der Waals surface area (Å²) < 4.78 is 25.7. The number of carbonyl (C=O) groups is 1. The summed E-state index contributed by atoms with van der Waals surface area (Å²) in [5.74, 6) is -2.47. The maximum atomic E-state index is 11.9. The van der Waals surface area contributed by atoms with Crippen LogP contribution in [0.25, 0.3) is 0 Å². The molecule has 0 unspecified atom stereocenters. The molecule has 0 aliphatic carbocycles. The highest BCUT2D eigenvalue weighted by Gasteiger charge is 2.43. The minimum atomic E-state index is -4.09. The van der Waals surface area contributed by atoms with Gasteiger partial charge >= 0.3 is 5.97 Å². The van der Waals surface area contributed by atoms with Gasteiger partial charge in [-0.25, -0.2) is 13.2 Å². The Kier molecular flexibility index (Phi) is 4.10. The molecule has 0 amide bonds. The summed E-state index contributed by atoms with van der Waals surface area (Å²) in [5.41, 5.74) is -2.53. The first-order chi connectivity index (χ1) is 8.20. The molecular weight excluding hydrogens is 258 g/mol. The molecule has 1 aromatic carbocycles. The molecule has 0 bridgehead atoms. The standard InChI is InChI=1S/C11H15NO5S/c1-8(2)11(15,10(13)14)12-18(16,17)9-6-4-3-5-7-9/h3-8,12,15H,1-2H3,(H,13,14)/t11-/m1/s1. The molecule has 0 aliphatic heterocycles. The Labute approximate surface area is 105 Å². The Bertz CT molecular complexity index is 526. The highest BCUT2D eigenvalue weighted by atomic mass is 32.2. The van der Waals surface area contributed by atoms with Gasteiger partial charge in [-0.2, -0.15) is 4.72 Å². The van der Waals surface area contributed by atoms with Crippen LogP contribution in [0.2, 0.25) is 0 Å². The first kappa shape index (κ1) is 14.6. The number of sulfonamides is 1. The number of carboxylic acids is 1. The molecule has 3 N–H and O–H groups in total. The number of carboxylic acid groups (broad SMARTS) is 1. The van der Waals surface area contributed by atoms with Gasteiger partial charge in [0.1, 0.15) is 0 Å². The number of hydrogen-bond acceptors (Lipinski definition) is 4. The quantitative estimate of drug-likeness (QED) is 0.673. The van der Waals surface area contributed by atoms with Crippen molar-refractivity contribution in [2.45, 2.75) is 24.5 Å². The lowest BCUT2D eigenvalue weighted by atomic mass is 10.0. The molecule has 7 heteroatoms. The zero-order valence-electron chi connectivity index (χ0n) is 9.99. The highest BCUT2D eigenvalue weighted by Crippen LogP contribution is 2.18. The van der Waals surface area contributed by atoms with Gasteiger partial charge in [-0.15, -0.1) is 0 Å². The van der Waals surface area contributed by atoms with E-state index in [9.17, 15) is 18.3 Å². The van der Waals surface area contributed by atoms with Gasteiger partial charge in [-0.3, -0.25) is 0 Å². The summed E-state index contributed by atoms with van der Waals surface area (Å²) in [6.07, 6.45) is 0. The second-order valence-electron chi connectivity index (χ2n) is 4.14. The summed E-state index contributed by atoms with van der Waals surface area (Å²) in [6.45, 7) is 2.81. The second-order valence-corrected chi connectivity index (χ2v) is 5.83. The number of benzene rings is 1. The van der Waals surface area contributed by atoms with Gasteiger partial charge < -0.3 is 10.2 Å². The van der Waals surface area contributed by atoms with Crippen molar-refractivity contribution in [1.82, 2.24) is 4.72 Å². The minimum absolute atomic E-state index is 0.106. The van der Waals surface area contributed by atoms with Crippen molar-refractivity contribution in [3.05, 3.63) is 30.3 Å². The van der Waals surface area contributed by atoms with Gasteiger partial charge in [0, 0.05) is 5.92 Å². The number of nitrogens with one attached hydrogen (secondary N) is 1. The third-order valence-corrected chi connectivity index (χ3v) is 3.98. The molecular formula is C11H15NO5S. The van der Waals surface area contributed by atoms with Crippen LogP contribution in [0.4, 0.5) is 0 Å². The van der Waals surface area contributed by atoms with E-state index in [1.807, 2.05) is 4.72 Å². The Morgan fingerprint density at radius 1 is 1.28 bits per heavy atom. The van der Waals surface area contributed by atoms with E-state index >= 15 is 0 Å². The fraction of sp³-hybridized carbons (Fsp3) is 0.364. The third kappa shape index (κ3) is 2.87. The monoisotopic (exact) mass is 273 g/mol. The molecule has 6 nitrogen and oxygen atoms in total. The molecule has 0 aliphatic rings. The zero-order valence-corrected chi connectivity index (χ0v) is 10.8. The maximum absolute atomic E-state index is 11.9. The van der Waals surface area contributed by atoms with Crippen molar-refractivity contribution >= 4 is 16.0 Å². The summed E-state index contributed by atoms with van der Waals surface area (Å²) in [6, 6.07) is 7.26. The lowest BCUT2D eigenvalue weighted by Crippen LogP contribution is -2.58. The Morgan fingerprint density at radius 3 is 2.17 bits per heavy atom. The van der Waals surface area contributed by atoms with E-state index in [0.29, 0.717) is 0 Å². The summed E-state index contributed by atoms with van der Waals surface area (Å²) in [4.78, 5) is 10.9. The van der Waals surface area contributed by atoms with Crippen molar-refractivity contribution < 1.29 is 23.4 Å². The van der Waals surface area contributed by atoms with Crippen molar-refractivity contribution in [2.24, 2.45) is 5.92 Å². The zero-order chi connectivity index (χ0) is 14.0. The molecule has 0 saturated carbocycles. The van der Waals surface area contributed by atoms with Crippen LogP contribution < -0.4 is 4.72 Å². The van der Waals surface area contributed by atoms with Crippen LogP contribution in [0.3, 0.4) is 0 Å². The van der Waals surface area contributed by atoms with Crippen LogP contribution in [0.15, 0.2) is 35.2 Å². The fourth-order valence-electron chi connectivity index (χ4n) is 1.27. The molecule has 1 atom stereocenters.